The summed E-state index contributed by atoms with van der Waals surface area (Å²) in [6.45, 7) is 6.08. The SMILES string of the molecule is Cc1cn(N=Cc2ccc(OCc3c(C)noc3C)cc2)c(N)n1. The van der Waals surface area contributed by atoms with Crippen molar-refractivity contribution in [1.82, 2.24) is 14.8 Å². The predicted octanol–water partition coefficient (Wildman–Crippen LogP) is 2.84. The lowest BCUT2D eigenvalue weighted by Crippen LogP contribution is -1.98. The largest absolute Gasteiger partial charge is 0.489 e. The fraction of sp³-hybridized carbons (Fsp3) is 0.235. The van der Waals surface area contributed by atoms with Gasteiger partial charge in [0.05, 0.1) is 29.4 Å². The highest BCUT2D eigenvalue weighted by Crippen LogP contribution is 2.17. The zero-order valence-electron chi connectivity index (χ0n) is 13.9. The van der Waals surface area contributed by atoms with Crippen LogP contribution in [0.15, 0.2) is 40.1 Å². The van der Waals surface area contributed by atoms with Gasteiger partial charge >= 0.3 is 0 Å². The molecule has 0 atom stereocenters. The Kier molecular flexibility index (Phi) is 4.33. The third kappa shape index (κ3) is 3.45. The van der Waals surface area contributed by atoms with Gasteiger partial charge in [-0.25, -0.2) is 9.66 Å². The van der Waals surface area contributed by atoms with Crippen LogP contribution in [0.2, 0.25) is 0 Å². The molecule has 24 heavy (non-hydrogen) atoms. The van der Waals surface area contributed by atoms with Crippen LogP contribution in [0, 0.1) is 20.8 Å². The van der Waals surface area contributed by atoms with Gasteiger partial charge in [0, 0.05) is 0 Å². The molecule has 7 heteroatoms. The molecule has 0 aliphatic rings. The maximum atomic E-state index is 5.77. The number of nitrogen functional groups attached to an aromatic ring is 1. The van der Waals surface area contributed by atoms with Crippen molar-refractivity contribution in [3.63, 3.8) is 0 Å². The number of nitrogens with zero attached hydrogens (tertiary/aromatic N) is 4. The molecule has 1 aromatic carbocycles. The molecule has 2 heterocycles. The van der Waals surface area contributed by atoms with E-state index < -0.39 is 0 Å². The third-order valence-electron chi connectivity index (χ3n) is 3.61. The third-order valence-corrected chi connectivity index (χ3v) is 3.61. The molecule has 0 saturated heterocycles. The van der Waals surface area contributed by atoms with Gasteiger partial charge in [-0.15, -0.1) is 0 Å². The van der Waals surface area contributed by atoms with E-state index in [1.54, 1.807) is 12.4 Å². The number of hydrogen-bond donors (Lipinski definition) is 1. The van der Waals surface area contributed by atoms with Crippen LogP contribution in [0.5, 0.6) is 5.75 Å². The number of benzene rings is 1. The van der Waals surface area contributed by atoms with Crippen molar-refractivity contribution in [2.24, 2.45) is 5.10 Å². The number of rotatable bonds is 5. The Morgan fingerprint density at radius 3 is 2.58 bits per heavy atom. The Balaban J connectivity index is 1.64. The predicted molar refractivity (Wildman–Crippen MR) is 91.1 cm³/mol. The maximum Gasteiger partial charge on any atom is 0.221 e. The molecule has 0 aliphatic carbocycles. The van der Waals surface area contributed by atoms with E-state index in [0.717, 1.165) is 34.0 Å². The van der Waals surface area contributed by atoms with E-state index in [4.69, 9.17) is 15.0 Å². The fourth-order valence-electron chi connectivity index (χ4n) is 2.24. The van der Waals surface area contributed by atoms with Crippen LogP contribution < -0.4 is 10.5 Å². The number of anilines is 1. The highest BCUT2D eigenvalue weighted by atomic mass is 16.5. The van der Waals surface area contributed by atoms with Gasteiger partial charge in [-0.1, -0.05) is 5.16 Å². The molecule has 0 amide bonds. The van der Waals surface area contributed by atoms with Gasteiger partial charge in [-0.2, -0.15) is 5.10 Å². The maximum absolute atomic E-state index is 5.77. The van der Waals surface area contributed by atoms with Crippen molar-refractivity contribution in [3.05, 3.63) is 58.7 Å². The van der Waals surface area contributed by atoms with Crippen molar-refractivity contribution in [2.75, 3.05) is 5.73 Å². The highest BCUT2D eigenvalue weighted by molar-refractivity contribution is 5.79. The van der Waals surface area contributed by atoms with Crippen molar-refractivity contribution < 1.29 is 9.26 Å². The molecule has 0 unspecified atom stereocenters. The van der Waals surface area contributed by atoms with Crippen molar-refractivity contribution in [1.29, 1.82) is 0 Å². The molecule has 0 spiro atoms. The standard InChI is InChI=1S/C17H19N5O2/c1-11-9-22(17(18)20-11)19-8-14-4-6-15(7-5-14)23-10-16-12(2)21-24-13(16)3/h4-9H,10H2,1-3H3,(H2,18,20). The summed E-state index contributed by atoms with van der Waals surface area (Å²) in [7, 11) is 0. The highest BCUT2D eigenvalue weighted by Gasteiger charge is 2.09. The van der Waals surface area contributed by atoms with Gasteiger partial charge in [-0.05, 0) is 50.6 Å². The first kappa shape index (κ1) is 15.8. The Morgan fingerprint density at radius 2 is 2.00 bits per heavy atom. The Labute approximate surface area is 139 Å². The second kappa shape index (κ2) is 6.57. The van der Waals surface area contributed by atoms with E-state index in [9.17, 15) is 0 Å². The summed E-state index contributed by atoms with van der Waals surface area (Å²) in [6, 6.07) is 7.63. The van der Waals surface area contributed by atoms with Crippen LogP contribution in [0.4, 0.5) is 5.95 Å². The average molecular weight is 325 g/mol. The summed E-state index contributed by atoms with van der Waals surface area (Å²) in [5, 5.41) is 8.19. The summed E-state index contributed by atoms with van der Waals surface area (Å²) in [4.78, 5) is 4.09. The molecular weight excluding hydrogens is 306 g/mol. The van der Waals surface area contributed by atoms with Crippen molar-refractivity contribution in [3.8, 4) is 5.75 Å². The molecule has 0 radical (unpaired) electrons. The second-order valence-electron chi connectivity index (χ2n) is 5.49. The van der Waals surface area contributed by atoms with Gasteiger partial charge in [0.25, 0.3) is 0 Å². The quantitative estimate of drug-likeness (QED) is 0.728. The lowest BCUT2D eigenvalue weighted by molar-refractivity contribution is 0.301. The van der Waals surface area contributed by atoms with Crippen LogP contribution in [0.1, 0.15) is 28.3 Å². The van der Waals surface area contributed by atoms with Crippen LogP contribution in [-0.2, 0) is 6.61 Å². The lowest BCUT2D eigenvalue weighted by Gasteiger charge is -2.06. The molecule has 0 aliphatic heterocycles. The summed E-state index contributed by atoms with van der Waals surface area (Å²) >= 11 is 0. The first-order valence-corrected chi connectivity index (χ1v) is 7.53. The molecular formula is C17H19N5O2. The summed E-state index contributed by atoms with van der Waals surface area (Å²) in [5.41, 5.74) is 9.34. The molecule has 0 fully saturated rings. The normalized spacial score (nSPS) is 11.3. The summed E-state index contributed by atoms with van der Waals surface area (Å²) in [6.07, 6.45) is 3.49. The van der Waals surface area contributed by atoms with Crippen LogP contribution in [0.3, 0.4) is 0 Å². The zero-order chi connectivity index (χ0) is 17.1. The number of hydrogen-bond acceptors (Lipinski definition) is 6. The molecule has 0 bridgehead atoms. The van der Waals surface area contributed by atoms with Crippen LogP contribution in [0.25, 0.3) is 0 Å². The molecule has 3 rings (SSSR count). The van der Waals surface area contributed by atoms with E-state index in [1.807, 2.05) is 45.0 Å². The molecule has 124 valence electrons. The van der Waals surface area contributed by atoms with E-state index in [2.05, 4.69) is 15.2 Å². The Morgan fingerprint density at radius 1 is 1.25 bits per heavy atom. The monoisotopic (exact) mass is 325 g/mol. The minimum Gasteiger partial charge on any atom is -0.489 e. The van der Waals surface area contributed by atoms with Gasteiger partial charge in [0.2, 0.25) is 5.95 Å². The van der Waals surface area contributed by atoms with Gasteiger partial charge < -0.3 is 15.0 Å². The number of aromatic nitrogens is 3. The van der Waals surface area contributed by atoms with E-state index >= 15 is 0 Å². The first-order valence-electron chi connectivity index (χ1n) is 7.53. The van der Waals surface area contributed by atoms with Gasteiger partial charge in [0.1, 0.15) is 18.1 Å². The molecule has 3 aromatic rings. The second-order valence-corrected chi connectivity index (χ2v) is 5.49. The lowest BCUT2D eigenvalue weighted by atomic mass is 10.2. The van der Waals surface area contributed by atoms with Crippen molar-refractivity contribution >= 4 is 12.2 Å². The first-order chi connectivity index (χ1) is 11.5. The smallest absolute Gasteiger partial charge is 0.221 e. The minimum absolute atomic E-state index is 0.364. The molecule has 2 N–H and O–H groups in total. The van der Waals surface area contributed by atoms with Gasteiger partial charge in [-0.3, -0.25) is 0 Å². The number of ether oxygens (including phenoxy) is 1. The topological polar surface area (TPSA) is 91.5 Å². The van der Waals surface area contributed by atoms with E-state index in [-0.39, 0.29) is 0 Å². The van der Waals surface area contributed by atoms with E-state index in [0.29, 0.717) is 12.6 Å². The number of aryl methyl sites for hydroxylation is 3. The Hall–Kier alpha value is -3.09. The fourth-order valence-corrected chi connectivity index (χ4v) is 2.24. The minimum atomic E-state index is 0.364. The van der Waals surface area contributed by atoms with E-state index in [1.165, 1.54) is 4.68 Å². The number of imidazole rings is 1. The zero-order valence-corrected chi connectivity index (χ0v) is 13.9. The van der Waals surface area contributed by atoms with Crippen LogP contribution >= 0.6 is 0 Å². The molecule has 7 nitrogen and oxygen atoms in total. The van der Waals surface area contributed by atoms with Crippen molar-refractivity contribution in [2.45, 2.75) is 27.4 Å². The Bertz CT molecular complexity index is 842. The van der Waals surface area contributed by atoms with Crippen LogP contribution in [-0.4, -0.2) is 21.0 Å². The summed E-state index contributed by atoms with van der Waals surface area (Å²) < 4.78 is 12.4. The molecule has 2 aromatic heterocycles. The van der Waals surface area contributed by atoms with Gasteiger partial charge in [0.15, 0.2) is 0 Å². The average Bonchev–Trinajstić information content (AvgIpc) is 3.06. The summed E-state index contributed by atoms with van der Waals surface area (Å²) in [5.74, 6) is 1.91. The number of nitrogens with two attached hydrogens (primary N) is 1. The molecule has 0 saturated carbocycles.